The highest BCUT2D eigenvalue weighted by Crippen LogP contribution is 2.55. The first-order chi connectivity index (χ1) is 16.2. The number of nitrogens with one attached hydrogen (secondary N) is 1. The quantitative estimate of drug-likeness (QED) is 0.338. The number of nitrogens with zero attached hydrogens (tertiary/aromatic N) is 1. The number of fused-ring (bicyclic) bond motifs is 5. The summed E-state index contributed by atoms with van der Waals surface area (Å²) in [6.45, 7) is 1.51. The Kier molecular flexibility index (Phi) is 5.81. The van der Waals surface area contributed by atoms with Gasteiger partial charge >= 0.3 is 5.97 Å². The Bertz CT molecular complexity index is 1280. The molecule has 2 fully saturated rings. The predicted octanol–water partition coefficient (Wildman–Crippen LogP) is 4.60. The van der Waals surface area contributed by atoms with Gasteiger partial charge in [0.05, 0.1) is 28.1 Å². The maximum atomic E-state index is 13.1. The van der Waals surface area contributed by atoms with E-state index < -0.39 is 18.5 Å². The van der Waals surface area contributed by atoms with Crippen molar-refractivity contribution in [2.45, 2.75) is 13.3 Å². The zero-order valence-electron chi connectivity index (χ0n) is 18.1. The maximum absolute atomic E-state index is 13.1. The van der Waals surface area contributed by atoms with Crippen molar-refractivity contribution in [3.05, 3.63) is 69.2 Å². The van der Waals surface area contributed by atoms with Gasteiger partial charge in [-0.05, 0) is 77.5 Å². The fourth-order valence-corrected chi connectivity index (χ4v) is 5.71. The molecule has 3 amide bonds. The normalized spacial score (nSPS) is 24.8. The summed E-state index contributed by atoms with van der Waals surface area (Å²) in [5, 5.41) is 3.03. The molecule has 0 unspecified atom stereocenters. The molecule has 2 aromatic rings. The van der Waals surface area contributed by atoms with Crippen LogP contribution in [0.2, 0.25) is 5.02 Å². The minimum atomic E-state index is -0.734. The average Bonchev–Trinajstić information content (AvgIpc) is 3.45. The maximum Gasteiger partial charge on any atom is 0.338 e. The summed E-state index contributed by atoms with van der Waals surface area (Å²) in [5.41, 5.74) is 2.12. The van der Waals surface area contributed by atoms with Gasteiger partial charge in [-0.1, -0.05) is 29.3 Å². The van der Waals surface area contributed by atoms with Gasteiger partial charge in [0.15, 0.2) is 6.61 Å². The summed E-state index contributed by atoms with van der Waals surface area (Å²) in [4.78, 5) is 52.2. The average molecular weight is 544 g/mol. The molecule has 1 N–H and O–H groups in total. The number of hydrogen-bond donors (Lipinski definition) is 1. The molecule has 0 spiro atoms. The lowest BCUT2D eigenvalue weighted by Gasteiger charge is -2.19. The molecule has 0 radical (unpaired) electrons. The second-order valence-electron chi connectivity index (χ2n) is 8.78. The first-order valence-corrected chi connectivity index (χ1v) is 12.0. The number of carbonyl (C=O) groups is 4. The van der Waals surface area contributed by atoms with Crippen molar-refractivity contribution in [3.8, 4) is 0 Å². The third kappa shape index (κ3) is 3.84. The highest BCUT2D eigenvalue weighted by atomic mass is 79.9. The second-order valence-corrected chi connectivity index (χ2v) is 10.0. The van der Waals surface area contributed by atoms with Crippen molar-refractivity contribution in [1.29, 1.82) is 0 Å². The Hall–Kier alpha value is -2.97. The number of allylic oxidation sites excluding steroid dienone is 2. The second kappa shape index (κ2) is 8.67. The number of anilines is 2. The van der Waals surface area contributed by atoms with Crippen molar-refractivity contribution < 1.29 is 23.9 Å². The third-order valence-corrected chi connectivity index (χ3v) is 7.99. The van der Waals surface area contributed by atoms with Crippen LogP contribution >= 0.6 is 27.5 Å². The number of hydrogen-bond acceptors (Lipinski definition) is 5. The number of esters is 1. The lowest BCUT2D eigenvalue weighted by Crippen LogP contribution is -2.33. The van der Waals surface area contributed by atoms with Crippen LogP contribution in [0.1, 0.15) is 23.7 Å². The van der Waals surface area contributed by atoms with Gasteiger partial charge < -0.3 is 10.1 Å². The Balaban J connectivity index is 1.25. The SMILES string of the molecule is CC1=C[C@H]2C[C@H]1[C@@H]1C(=O)N(c3cccc(C(=O)OCC(=O)Nc4ccc(Br)c(Cl)c4)c3)C(=O)[C@H]12. The Morgan fingerprint density at radius 2 is 1.91 bits per heavy atom. The summed E-state index contributed by atoms with van der Waals surface area (Å²) in [6.07, 6.45) is 2.97. The van der Waals surface area contributed by atoms with Crippen LogP contribution in [0.25, 0.3) is 0 Å². The van der Waals surface area contributed by atoms with Crippen LogP contribution in [0.4, 0.5) is 11.4 Å². The monoisotopic (exact) mass is 542 g/mol. The van der Waals surface area contributed by atoms with Crippen LogP contribution in [0.3, 0.4) is 0 Å². The van der Waals surface area contributed by atoms with E-state index in [4.69, 9.17) is 16.3 Å². The summed E-state index contributed by atoms with van der Waals surface area (Å²) in [5.74, 6) is -2.13. The van der Waals surface area contributed by atoms with Gasteiger partial charge in [-0.15, -0.1) is 0 Å². The standard InChI is InChI=1S/C25H20BrClN2O5/c1-12-7-14-9-17(12)22-21(14)23(31)29(24(22)32)16-4-2-3-13(8-16)25(33)34-11-20(30)28-15-5-6-18(26)19(27)10-15/h2-8,10,14,17,21-22H,9,11H2,1H3,(H,28,30)/t14-,17+,21-,22-/m0/s1. The molecule has 2 bridgehead atoms. The van der Waals surface area contributed by atoms with Gasteiger partial charge in [0.1, 0.15) is 0 Å². The minimum absolute atomic E-state index is 0.101. The van der Waals surface area contributed by atoms with Crippen molar-refractivity contribution in [2.24, 2.45) is 23.7 Å². The molecule has 5 rings (SSSR count). The molecule has 1 aliphatic heterocycles. The Morgan fingerprint density at radius 3 is 2.68 bits per heavy atom. The molecule has 9 heteroatoms. The highest BCUT2D eigenvalue weighted by molar-refractivity contribution is 9.10. The molecular formula is C25H20BrClN2O5. The summed E-state index contributed by atoms with van der Waals surface area (Å²) in [6, 6.07) is 11.1. The minimum Gasteiger partial charge on any atom is -0.452 e. The van der Waals surface area contributed by atoms with Crippen molar-refractivity contribution in [3.63, 3.8) is 0 Å². The molecule has 1 saturated heterocycles. The highest BCUT2D eigenvalue weighted by Gasteiger charge is 2.60. The number of halogens is 2. The molecule has 4 atom stereocenters. The molecule has 174 valence electrons. The molecule has 2 aromatic carbocycles. The van der Waals surface area contributed by atoms with E-state index >= 15 is 0 Å². The molecule has 7 nitrogen and oxygen atoms in total. The van der Waals surface area contributed by atoms with E-state index in [1.165, 1.54) is 22.6 Å². The third-order valence-electron chi connectivity index (χ3n) is 6.76. The number of rotatable bonds is 5. The topological polar surface area (TPSA) is 92.8 Å². The van der Waals surface area contributed by atoms with Crippen molar-refractivity contribution in [2.75, 3.05) is 16.8 Å². The summed E-state index contributed by atoms with van der Waals surface area (Å²) < 4.78 is 5.82. The molecule has 2 aliphatic carbocycles. The molecule has 34 heavy (non-hydrogen) atoms. The van der Waals surface area contributed by atoms with Crippen LogP contribution in [0.5, 0.6) is 0 Å². The molecule has 1 saturated carbocycles. The summed E-state index contributed by atoms with van der Waals surface area (Å²) in [7, 11) is 0. The van der Waals surface area contributed by atoms with E-state index in [-0.39, 0.29) is 41.0 Å². The lowest BCUT2D eigenvalue weighted by atomic mass is 9.82. The Morgan fingerprint density at radius 1 is 1.15 bits per heavy atom. The van der Waals surface area contributed by atoms with Gasteiger partial charge in [-0.25, -0.2) is 9.69 Å². The van der Waals surface area contributed by atoms with E-state index in [1.54, 1.807) is 30.3 Å². The van der Waals surface area contributed by atoms with Crippen LogP contribution in [-0.4, -0.2) is 30.3 Å². The number of ether oxygens (including phenoxy) is 1. The van der Waals surface area contributed by atoms with E-state index in [0.29, 0.717) is 20.9 Å². The van der Waals surface area contributed by atoms with Crippen LogP contribution < -0.4 is 10.2 Å². The largest absolute Gasteiger partial charge is 0.452 e. The van der Waals surface area contributed by atoms with Crippen LogP contribution in [0, 0.1) is 23.7 Å². The van der Waals surface area contributed by atoms with Gasteiger partial charge in [0.2, 0.25) is 11.8 Å². The predicted molar refractivity (Wildman–Crippen MR) is 129 cm³/mol. The van der Waals surface area contributed by atoms with E-state index in [1.807, 2.05) is 6.92 Å². The van der Waals surface area contributed by atoms with Gasteiger partial charge in [-0.3, -0.25) is 14.4 Å². The van der Waals surface area contributed by atoms with Gasteiger partial charge in [0.25, 0.3) is 5.91 Å². The lowest BCUT2D eigenvalue weighted by molar-refractivity contribution is -0.123. The van der Waals surface area contributed by atoms with Gasteiger partial charge in [-0.2, -0.15) is 0 Å². The number of carbonyl (C=O) groups excluding carboxylic acids is 4. The molecule has 1 heterocycles. The zero-order valence-corrected chi connectivity index (χ0v) is 20.4. The van der Waals surface area contributed by atoms with Crippen LogP contribution in [-0.2, 0) is 19.1 Å². The van der Waals surface area contributed by atoms with Gasteiger partial charge in [0, 0.05) is 10.2 Å². The van der Waals surface area contributed by atoms with E-state index in [9.17, 15) is 19.2 Å². The smallest absolute Gasteiger partial charge is 0.338 e. The summed E-state index contributed by atoms with van der Waals surface area (Å²) >= 11 is 9.29. The van der Waals surface area contributed by atoms with E-state index in [2.05, 4.69) is 27.3 Å². The Labute approximate surface area is 209 Å². The first kappa shape index (κ1) is 22.8. The fourth-order valence-electron chi connectivity index (χ4n) is 5.29. The molecule has 0 aromatic heterocycles. The molecule has 3 aliphatic rings. The first-order valence-electron chi connectivity index (χ1n) is 10.8. The van der Waals surface area contributed by atoms with E-state index in [0.717, 1.165) is 6.42 Å². The fraction of sp³-hybridized carbons (Fsp3) is 0.280. The number of amides is 3. The van der Waals surface area contributed by atoms with Crippen molar-refractivity contribution in [1.82, 2.24) is 0 Å². The zero-order chi connectivity index (χ0) is 24.1. The number of imide groups is 1. The van der Waals surface area contributed by atoms with Crippen LogP contribution in [0.15, 0.2) is 58.6 Å². The number of benzene rings is 2. The van der Waals surface area contributed by atoms with Crippen molar-refractivity contribution >= 4 is 62.6 Å². The molecular weight excluding hydrogens is 524 g/mol.